The molecule has 1 heterocycles. The molecule has 1 aromatic rings. The summed E-state index contributed by atoms with van der Waals surface area (Å²) in [5.41, 5.74) is 0.892. The Bertz CT molecular complexity index is 353. The molecule has 64 valence electrons. The Kier molecular flexibility index (Phi) is 2.30. The van der Waals surface area contributed by atoms with E-state index in [0.29, 0.717) is 0 Å². The molecule has 0 saturated carbocycles. The van der Waals surface area contributed by atoms with E-state index in [9.17, 15) is 0 Å². The lowest BCUT2D eigenvalue weighted by molar-refractivity contribution is 0.415. The Morgan fingerprint density at radius 2 is 2.42 bits per heavy atom. The fourth-order valence-corrected chi connectivity index (χ4v) is 3.92. The molecule has 2 rings (SSSR count). The molecular formula is C7H6ClNOS2. The highest BCUT2D eigenvalue weighted by atomic mass is 35.7. The summed E-state index contributed by atoms with van der Waals surface area (Å²) in [6.45, 7) is 0. The van der Waals surface area contributed by atoms with E-state index in [1.54, 1.807) is 17.9 Å². The van der Waals surface area contributed by atoms with E-state index >= 15 is 0 Å². The third kappa shape index (κ3) is 1.34. The van der Waals surface area contributed by atoms with Gasteiger partial charge >= 0.3 is 0 Å². The highest BCUT2D eigenvalue weighted by Gasteiger charge is 2.16. The quantitative estimate of drug-likeness (QED) is 0.676. The Hall–Kier alpha value is -0.190. The molecule has 0 aliphatic carbocycles. The average molecular weight is 220 g/mol. The lowest BCUT2D eigenvalue weighted by Crippen LogP contribution is -1.81. The zero-order chi connectivity index (χ0) is 8.55. The second-order valence-corrected chi connectivity index (χ2v) is 6.26. The van der Waals surface area contributed by atoms with E-state index in [1.165, 1.54) is 0 Å². The van der Waals surface area contributed by atoms with Gasteiger partial charge in [0.1, 0.15) is 11.4 Å². The number of ether oxygens (including phenoxy) is 1. The SMILES string of the molecule is COc1cccc2c1N=S(Cl)S2. The number of fused-ring (bicyclic) bond motifs is 1. The van der Waals surface area contributed by atoms with Gasteiger partial charge in [0, 0.05) is 0 Å². The number of benzene rings is 1. The van der Waals surface area contributed by atoms with Crippen LogP contribution in [0, 0.1) is 0 Å². The van der Waals surface area contributed by atoms with Crippen LogP contribution in [0.25, 0.3) is 0 Å². The van der Waals surface area contributed by atoms with Crippen LogP contribution < -0.4 is 4.74 Å². The van der Waals surface area contributed by atoms with Gasteiger partial charge in [-0.2, -0.15) is 4.36 Å². The maximum Gasteiger partial charge on any atom is 0.146 e. The van der Waals surface area contributed by atoms with Gasteiger partial charge in [-0.25, -0.2) is 0 Å². The Morgan fingerprint density at radius 3 is 3.17 bits per heavy atom. The van der Waals surface area contributed by atoms with Crippen molar-refractivity contribution in [3.8, 4) is 5.75 Å². The Balaban J connectivity index is 2.55. The van der Waals surface area contributed by atoms with Crippen LogP contribution >= 0.6 is 21.5 Å². The first-order valence-electron chi connectivity index (χ1n) is 3.29. The van der Waals surface area contributed by atoms with Crippen LogP contribution in [0.15, 0.2) is 27.5 Å². The van der Waals surface area contributed by atoms with Crippen molar-refractivity contribution in [1.82, 2.24) is 0 Å². The van der Waals surface area contributed by atoms with Gasteiger partial charge < -0.3 is 4.74 Å². The molecular weight excluding hydrogens is 214 g/mol. The number of rotatable bonds is 1. The molecule has 1 aliphatic rings. The third-order valence-electron chi connectivity index (χ3n) is 1.50. The summed E-state index contributed by atoms with van der Waals surface area (Å²) in [5.74, 6) is 0.802. The van der Waals surface area contributed by atoms with Crippen molar-refractivity contribution in [3.05, 3.63) is 18.2 Å². The molecule has 1 unspecified atom stereocenters. The zero-order valence-electron chi connectivity index (χ0n) is 6.28. The van der Waals surface area contributed by atoms with E-state index in [-0.39, 0.29) is 0 Å². The monoisotopic (exact) mass is 219 g/mol. The van der Waals surface area contributed by atoms with Crippen molar-refractivity contribution >= 4 is 36.1 Å². The van der Waals surface area contributed by atoms with Gasteiger partial charge in [0.15, 0.2) is 0 Å². The molecule has 0 aromatic heterocycles. The van der Waals surface area contributed by atoms with E-state index < -0.39 is 8.94 Å². The van der Waals surface area contributed by atoms with Gasteiger partial charge in [-0.05, 0) is 33.6 Å². The third-order valence-corrected chi connectivity index (χ3v) is 4.42. The summed E-state index contributed by atoms with van der Waals surface area (Å²) in [5, 5.41) is 0. The summed E-state index contributed by atoms with van der Waals surface area (Å²) in [6, 6.07) is 5.84. The smallest absolute Gasteiger partial charge is 0.146 e. The number of hydrogen-bond acceptors (Lipinski definition) is 3. The molecule has 0 amide bonds. The topological polar surface area (TPSA) is 21.6 Å². The minimum atomic E-state index is -0.447. The molecule has 0 saturated heterocycles. The summed E-state index contributed by atoms with van der Waals surface area (Å²) in [4.78, 5) is 1.10. The number of halogens is 1. The van der Waals surface area contributed by atoms with Crippen molar-refractivity contribution in [2.24, 2.45) is 4.36 Å². The van der Waals surface area contributed by atoms with Crippen LogP contribution in [0.2, 0.25) is 0 Å². The van der Waals surface area contributed by atoms with E-state index in [0.717, 1.165) is 16.3 Å². The molecule has 0 N–H and O–H groups in total. The molecule has 1 aromatic carbocycles. The van der Waals surface area contributed by atoms with Gasteiger partial charge in [0.2, 0.25) is 0 Å². The van der Waals surface area contributed by atoms with E-state index in [2.05, 4.69) is 4.36 Å². The minimum absolute atomic E-state index is 0.447. The van der Waals surface area contributed by atoms with Crippen LogP contribution in [-0.2, 0) is 8.94 Å². The maximum atomic E-state index is 5.87. The van der Waals surface area contributed by atoms with Crippen LogP contribution in [0.1, 0.15) is 0 Å². The second-order valence-electron chi connectivity index (χ2n) is 2.19. The molecule has 0 fully saturated rings. The maximum absolute atomic E-state index is 5.87. The fourth-order valence-electron chi connectivity index (χ4n) is 0.989. The van der Waals surface area contributed by atoms with Crippen LogP contribution in [0.5, 0.6) is 5.75 Å². The zero-order valence-corrected chi connectivity index (χ0v) is 8.67. The second kappa shape index (κ2) is 3.28. The summed E-state index contributed by atoms with van der Waals surface area (Å²) >= 11 is 0. The first-order chi connectivity index (χ1) is 5.81. The average Bonchev–Trinajstić information content (AvgIpc) is 2.44. The lowest BCUT2D eigenvalue weighted by Gasteiger charge is -2.01. The molecule has 0 bridgehead atoms. The molecule has 5 heteroatoms. The van der Waals surface area contributed by atoms with Crippen molar-refractivity contribution < 1.29 is 4.74 Å². The summed E-state index contributed by atoms with van der Waals surface area (Å²) < 4.78 is 9.40. The highest BCUT2D eigenvalue weighted by Crippen LogP contribution is 2.47. The van der Waals surface area contributed by atoms with Gasteiger partial charge in [-0.1, -0.05) is 6.07 Å². The number of hydrogen-bond donors (Lipinski definition) is 0. The van der Waals surface area contributed by atoms with Gasteiger partial charge in [0.05, 0.1) is 20.9 Å². The lowest BCUT2D eigenvalue weighted by atomic mass is 10.3. The van der Waals surface area contributed by atoms with Crippen LogP contribution in [-0.4, -0.2) is 7.11 Å². The normalized spacial score (nSPS) is 20.0. The van der Waals surface area contributed by atoms with Crippen molar-refractivity contribution in [2.75, 3.05) is 7.11 Å². The molecule has 2 nitrogen and oxygen atoms in total. The standard InChI is InChI=1S/C7H6ClNOS2/c1-10-5-3-2-4-6-7(5)9-12(8)11-6/h2-4H,1H3. The molecule has 1 aliphatic heterocycles. The molecule has 0 radical (unpaired) electrons. The predicted molar refractivity (Wildman–Crippen MR) is 54.2 cm³/mol. The first-order valence-corrected chi connectivity index (χ1v) is 6.63. The van der Waals surface area contributed by atoms with Gasteiger partial charge in [0.25, 0.3) is 0 Å². The van der Waals surface area contributed by atoms with E-state index in [1.807, 2.05) is 18.2 Å². The largest absolute Gasteiger partial charge is 0.494 e. The van der Waals surface area contributed by atoms with Crippen molar-refractivity contribution in [2.45, 2.75) is 4.90 Å². The van der Waals surface area contributed by atoms with Crippen molar-refractivity contribution in [3.63, 3.8) is 0 Å². The fraction of sp³-hybridized carbons (Fsp3) is 0.143. The summed E-state index contributed by atoms with van der Waals surface area (Å²) in [7, 11) is 8.63. The van der Waals surface area contributed by atoms with Gasteiger partial charge in [-0.3, -0.25) is 0 Å². The first kappa shape index (κ1) is 8.41. The molecule has 12 heavy (non-hydrogen) atoms. The van der Waals surface area contributed by atoms with Crippen LogP contribution in [0.3, 0.4) is 0 Å². The van der Waals surface area contributed by atoms with Gasteiger partial charge in [-0.15, -0.1) is 0 Å². The summed E-state index contributed by atoms with van der Waals surface area (Å²) in [6.07, 6.45) is 0. The highest BCUT2D eigenvalue weighted by molar-refractivity contribution is 8.78. The number of methoxy groups -OCH3 is 1. The molecule has 0 spiro atoms. The predicted octanol–water partition coefficient (Wildman–Crippen LogP) is 3.30. The Labute approximate surface area is 81.3 Å². The van der Waals surface area contributed by atoms with E-state index in [4.69, 9.17) is 15.4 Å². The minimum Gasteiger partial charge on any atom is -0.494 e. The Morgan fingerprint density at radius 1 is 1.58 bits per heavy atom. The van der Waals surface area contributed by atoms with Crippen molar-refractivity contribution in [1.29, 1.82) is 0 Å². The molecule has 1 atom stereocenters. The van der Waals surface area contributed by atoms with Crippen LogP contribution in [0.4, 0.5) is 5.69 Å². The number of nitrogens with zero attached hydrogens (tertiary/aromatic N) is 1.